The second kappa shape index (κ2) is 9.56. The zero-order valence-corrected chi connectivity index (χ0v) is 19.6. The first-order valence-corrected chi connectivity index (χ1v) is 12.5. The van der Waals surface area contributed by atoms with E-state index >= 15 is 0 Å². The second-order valence-corrected chi connectivity index (χ2v) is 10.5. The fourth-order valence-electron chi connectivity index (χ4n) is 5.43. The van der Waals surface area contributed by atoms with Gasteiger partial charge in [-0.25, -0.2) is 0 Å². The van der Waals surface area contributed by atoms with Crippen LogP contribution in [0.15, 0.2) is 41.8 Å². The predicted molar refractivity (Wildman–Crippen MR) is 127 cm³/mol. The molecule has 0 N–H and O–H groups in total. The van der Waals surface area contributed by atoms with Crippen LogP contribution in [0, 0.1) is 11.3 Å². The lowest BCUT2D eigenvalue weighted by Gasteiger charge is -2.42. The Morgan fingerprint density at radius 1 is 1.06 bits per heavy atom. The summed E-state index contributed by atoms with van der Waals surface area (Å²) in [6.45, 7) is 1.37. The monoisotopic (exact) mass is 438 g/mol. The number of piperidine rings is 1. The Morgan fingerprint density at radius 2 is 1.77 bits per heavy atom. The van der Waals surface area contributed by atoms with Gasteiger partial charge in [-0.2, -0.15) is 0 Å². The molecule has 0 bridgehead atoms. The minimum Gasteiger partial charge on any atom is -0.348 e. The molecule has 2 heterocycles. The number of benzene rings is 1. The van der Waals surface area contributed by atoms with Crippen molar-refractivity contribution in [3.05, 3.63) is 47.3 Å². The van der Waals surface area contributed by atoms with Gasteiger partial charge in [0.05, 0.1) is 5.41 Å². The van der Waals surface area contributed by atoms with E-state index in [-0.39, 0.29) is 11.8 Å². The van der Waals surface area contributed by atoms with Crippen molar-refractivity contribution in [2.24, 2.45) is 11.3 Å². The number of rotatable bonds is 6. The van der Waals surface area contributed by atoms with Gasteiger partial charge in [-0.05, 0) is 60.6 Å². The average Bonchev–Trinajstić information content (AvgIpc) is 3.48. The van der Waals surface area contributed by atoms with Crippen LogP contribution in [0.3, 0.4) is 0 Å². The highest BCUT2D eigenvalue weighted by Gasteiger charge is 2.43. The van der Waals surface area contributed by atoms with Crippen LogP contribution in [0.5, 0.6) is 0 Å². The fraction of sp³-hybridized carbons (Fsp3) is 0.538. The molecule has 1 aliphatic heterocycles. The van der Waals surface area contributed by atoms with Gasteiger partial charge >= 0.3 is 0 Å². The average molecular weight is 439 g/mol. The van der Waals surface area contributed by atoms with E-state index in [1.165, 1.54) is 41.7 Å². The second-order valence-electron chi connectivity index (χ2n) is 9.53. The SMILES string of the molecule is CN(C)C(=O)C1(Cc2ccccc2-c2cccs2)CCN(C(=O)CC2CCCC2)CC1. The third-order valence-electron chi connectivity index (χ3n) is 7.20. The van der Waals surface area contributed by atoms with Gasteiger partial charge in [0.15, 0.2) is 0 Å². The Hall–Kier alpha value is -2.14. The molecule has 31 heavy (non-hydrogen) atoms. The van der Waals surface area contributed by atoms with Gasteiger partial charge in [0.1, 0.15) is 0 Å². The quantitative estimate of drug-likeness (QED) is 0.619. The van der Waals surface area contributed by atoms with E-state index in [0.29, 0.717) is 25.4 Å². The van der Waals surface area contributed by atoms with Crippen LogP contribution in [0.25, 0.3) is 10.4 Å². The molecular weight excluding hydrogens is 404 g/mol. The number of carbonyl (C=O) groups is 2. The normalized spacial score (nSPS) is 18.8. The first kappa shape index (κ1) is 22.1. The van der Waals surface area contributed by atoms with Crippen LogP contribution in [-0.2, 0) is 16.0 Å². The number of thiophene rings is 1. The van der Waals surface area contributed by atoms with E-state index in [9.17, 15) is 9.59 Å². The van der Waals surface area contributed by atoms with Crippen molar-refractivity contribution >= 4 is 23.2 Å². The summed E-state index contributed by atoms with van der Waals surface area (Å²) in [4.78, 5) is 31.3. The summed E-state index contributed by atoms with van der Waals surface area (Å²) < 4.78 is 0. The van der Waals surface area contributed by atoms with Gasteiger partial charge < -0.3 is 9.80 Å². The summed E-state index contributed by atoms with van der Waals surface area (Å²) in [5.41, 5.74) is 2.01. The van der Waals surface area contributed by atoms with Crippen LogP contribution >= 0.6 is 11.3 Å². The zero-order valence-electron chi connectivity index (χ0n) is 18.8. The Kier molecular flexibility index (Phi) is 6.80. The summed E-state index contributed by atoms with van der Waals surface area (Å²) in [5.74, 6) is 1.05. The summed E-state index contributed by atoms with van der Waals surface area (Å²) in [6.07, 6.45) is 7.81. The molecule has 4 nitrogen and oxygen atoms in total. The van der Waals surface area contributed by atoms with Gasteiger partial charge in [-0.1, -0.05) is 43.2 Å². The van der Waals surface area contributed by atoms with Gasteiger partial charge in [-0.3, -0.25) is 9.59 Å². The van der Waals surface area contributed by atoms with Crippen molar-refractivity contribution in [1.82, 2.24) is 9.80 Å². The molecule has 5 heteroatoms. The minimum absolute atomic E-state index is 0.191. The molecule has 4 rings (SSSR count). The summed E-state index contributed by atoms with van der Waals surface area (Å²) >= 11 is 1.74. The Labute approximate surface area is 190 Å². The maximum atomic E-state index is 13.4. The van der Waals surface area contributed by atoms with E-state index < -0.39 is 5.41 Å². The third kappa shape index (κ3) is 4.87. The number of likely N-dealkylation sites (tertiary alicyclic amines) is 1. The molecule has 2 aromatic rings. The lowest BCUT2D eigenvalue weighted by Crippen LogP contribution is -2.51. The number of amides is 2. The largest absolute Gasteiger partial charge is 0.348 e. The lowest BCUT2D eigenvalue weighted by atomic mass is 9.72. The molecule has 2 amide bonds. The van der Waals surface area contributed by atoms with Crippen LogP contribution in [-0.4, -0.2) is 48.8 Å². The van der Waals surface area contributed by atoms with Crippen LogP contribution in [0.1, 0.15) is 50.5 Å². The van der Waals surface area contributed by atoms with E-state index in [0.717, 1.165) is 19.3 Å². The molecule has 1 aliphatic carbocycles. The first-order chi connectivity index (χ1) is 15.0. The molecule has 1 saturated carbocycles. The maximum absolute atomic E-state index is 13.4. The Balaban J connectivity index is 1.52. The standard InChI is InChI=1S/C26H34N2O2S/c1-27(2)25(30)26(19-21-10-5-6-11-22(21)23-12-7-17-31-23)13-15-28(16-14-26)24(29)18-20-8-3-4-9-20/h5-7,10-12,17,20H,3-4,8-9,13-16,18-19H2,1-2H3. The molecule has 0 radical (unpaired) electrons. The topological polar surface area (TPSA) is 40.6 Å². The number of nitrogens with zero attached hydrogens (tertiary/aromatic N) is 2. The summed E-state index contributed by atoms with van der Waals surface area (Å²) in [7, 11) is 3.71. The van der Waals surface area contributed by atoms with E-state index in [2.05, 4.69) is 41.8 Å². The molecule has 1 saturated heterocycles. The van der Waals surface area contributed by atoms with Crippen molar-refractivity contribution < 1.29 is 9.59 Å². The molecule has 1 aromatic heterocycles. The van der Waals surface area contributed by atoms with Gasteiger partial charge in [0.2, 0.25) is 11.8 Å². The van der Waals surface area contributed by atoms with Gasteiger partial charge in [0.25, 0.3) is 0 Å². The van der Waals surface area contributed by atoms with Gasteiger partial charge in [-0.15, -0.1) is 11.3 Å². The fourth-order valence-corrected chi connectivity index (χ4v) is 6.21. The third-order valence-corrected chi connectivity index (χ3v) is 8.11. The minimum atomic E-state index is -0.443. The first-order valence-electron chi connectivity index (χ1n) is 11.6. The van der Waals surface area contributed by atoms with Crippen molar-refractivity contribution in [1.29, 1.82) is 0 Å². The smallest absolute Gasteiger partial charge is 0.228 e. The number of hydrogen-bond donors (Lipinski definition) is 0. The number of carbonyl (C=O) groups excluding carboxylic acids is 2. The lowest BCUT2D eigenvalue weighted by molar-refractivity contribution is -0.146. The highest BCUT2D eigenvalue weighted by molar-refractivity contribution is 7.13. The zero-order chi connectivity index (χ0) is 21.8. The predicted octanol–water partition coefficient (Wildman–Crippen LogP) is 5.23. The van der Waals surface area contributed by atoms with E-state index in [1.807, 2.05) is 19.0 Å². The molecule has 2 aliphatic rings. The van der Waals surface area contributed by atoms with Crippen LogP contribution < -0.4 is 0 Å². The van der Waals surface area contributed by atoms with Crippen LogP contribution in [0.2, 0.25) is 0 Å². The van der Waals surface area contributed by atoms with Crippen molar-refractivity contribution in [2.45, 2.75) is 51.4 Å². The molecular formula is C26H34N2O2S. The highest BCUT2D eigenvalue weighted by Crippen LogP contribution is 2.40. The van der Waals surface area contributed by atoms with Crippen molar-refractivity contribution in [2.75, 3.05) is 27.2 Å². The molecule has 2 fully saturated rings. The molecule has 166 valence electrons. The summed E-state index contributed by atoms with van der Waals surface area (Å²) in [5, 5.41) is 2.10. The van der Waals surface area contributed by atoms with E-state index in [1.54, 1.807) is 16.2 Å². The molecule has 0 spiro atoms. The Morgan fingerprint density at radius 3 is 2.42 bits per heavy atom. The molecule has 0 unspecified atom stereocenters. The van der Waals surface area contributed by atoms with Gasteiger partial charge in [0, 0.05) is 38.5 Å². The number of hydrogen-bond acceptors (Lipinski definition) is 3. The van der Waals surface area contributed by atoms with E-state index in [4.69, 9.17) is 0 Å². The Bertz CT molecular complexity index is 892. The summed E-state index contributed by atoms with van der Waals surface area (Å²) in [6, 6.07) is 12.7. The molecule has 1 aromatic carbocycles. The maximum Gasteiger partial charge on any atom is 0.228 e. The van der Waals surface area contributed by atoms with Crippen molar-refractivity contribution in [3.8, 4) is 10.4 Å². The molecule has 0 atom stereocenters. The highest BCUT2D eigenvalue weighted by atomic mass is 32.1. The van der Waals surface area contributed by atoms with Crippen LogP contribution in [0.4, 0.5) is 0 Å². The van der Waals surface area contributed by atoms with Crippen molar-refractivity contribution in [3.63, 3.8) is 0 Å².